The average molecular weight is 695 g/mol. The van der Waals surface area contributed by atoms with Crippen molar-refractivity contribution in [1.82, 2.24) is 4.98 Å². The van der Waals surface area contributed by atoms with E-state index >= 15 is 0 Å². The number of carbonyl (C=O) groups excluding carboxylic acids is 1. The van der Waals surface area contributed by atoms with E-state index in [1.165, 1.54) is 18.3 Å². The number of carbonyl (C=O) groups is 1. The molecular formula is C34H32ClFN4O5S2. The number of nitrogens with zero attached hydrogens (tertiary/aromatic N) is 2. The Bertz CT molecular complexity index is 1830. The van der Waals surface area contributed by atoms with Crippen LogP contribution in [0, 0.1) is 23.1 Å². The van der Waals surface area contributed by atoms with Crippen molar-refractivity contribution in [2.45, 2.75) is 38.8 Å². The maximum absolute atomic E-state index is 13.6. The van der Waals surface area contributed by atoms with Gasteiger partial charge in [-0.1, -0.05) is 45.3 Å². The summed E-state index contributed by atoms with van der Waals surface area (Å²) in [5.41, 5.74) is 3.06. The number of nitrogens with one attached hydrogen (secondary N) is 2. The molecule has 13 heteroatoms. The van der Waals surface area contributed by atoms with Crippen LogP contribution in [0.3, 0.4) is 0 Å². The van der Waals surface area contributed by atoms with Crippen LogP contribution in [0.4, 0.5) is 21.5 Å². The number of hydrogen-bond acceptors (Lipinski definition) is 10. The number of anilines is 3. The molecule has 244 valence electrons. The number of ether oxygens (including phenoxy) is 4. The number of fused-ring (bicyclic) bond motifs is 1. The van der Waals surface area contributed by atoms with Gasteiger partial charge in [0.15, 0.2) is 5.79 Å². The van der Waals surface area contributed by atoms with E-state index in [0.29, 0.717) is 68.6 Å². The lowest BCUT2D eigenvalue weighted by Gasteiger charge is -2.19. The van der Waals surface area contributed by atoms with Crippen molar-refractivity contribution >= 4 is 67.1 Å². The zero-order valence-corrected chi connectivity index (χ0v) is 28.1. The number of nitriles is 1. The molecule has 1 aromatic heterocycles. The molecule has 2 aliphatic rings. The van der Waals surface area contributed by atoms with E-state index in [4.69, 9.17) is 30.5 Å². The van der Waals surface area contributed by atoms with Gasteiger partial charge in [0.05, 0.1) is 34.1 Å². The molecule has 47 heavy (non-hydrogen) atoms. The van der Waals surface area contributed by atoms with Gasteiger partial charge in [-0.05, 0) is 61.7 Å². The van der Waals surface area contributed by atoms with Crippen molar-refractivity contribution in [3.8, 4) is 17.6 Å². The molecule has 2 fully saturated rings. The van der Waals surface area contributed by atoms with Crippen molar-refractivity contribution in [2.75, 3.05) is 35.4 Å². The monoisotopic (exact) mass is 694 g/mol. The minimum absolute atomic E-state index is 0.122. The van der Waals surface area contributed by atoms with Gasteiger partial charge in [0.2, 0.25) is 5.91 Å². The minimum Gasteiger partial charge on any atom is -0.489 e. The molecule has 1 atom stereocenters. The molecule has 1 unspecified atom stereocenters. The van der Waals surface area contributed by atoms with Gasteiger partial charge < -0.3 is 29.6 Å². The van der Waals surface area contributed by atoms with Crippen LogP contribution in [-0.4, -0.2) is 47.5 Å². The molecule has 2 N–H and O–H groups in total. The van der Waals surface area contributed by atoms with Crippen LogP contribution < -0.4 is 20.1 Å². The summed E-state index contributed by atoms with van der Waals surface area (Å²) in [6.07, 6.45) is 1.59. The Labute approximate surface area is 284 Å². The second kappa shape index (κ2) is 14.6. The third-order valence-electron chi connectivity index (χ3n) is 7.51. The summed E-state index contributed by atoms with van der Waals surface area (Å²) in [6.45, 7) is 4.43. The minimum atomic E-state index is -0.698. The van der Waals surface area contributed by atoms with Crippen molar-refractivity contribution in [2.24, 2.45) is 5.92 Å². The van der Waals surface area contributed by atoms with Crippen LogP contribution in [0.5, 0.6) is 11.5 Å². The Morgan fingerprint density at radius 1 is 1.15 bits per heavy atom. The maximum Gasteiger partial charge on any atom is 0.224 e. The number of amides is 1. The van der Waals surface area contributed by atoms with Crippen molar-refractivity contribution < 1.29 is 28.1 Å². The number of rotatable bonds is 11. The van der Waals surface area contributed by atoms with Gasteiger partial charge in [-0.15, -0.1) is 0 Å². The molecule has 2 aliphatic heterocycles. The molecule has 9 nitrogen and oxygen atoms in total. The SMILES string of the molecule is CC1(C)OCC(COc2cc3ncc(C#N)c(Nc4ccc(OCc5cccc(F)c5)c(Cl)c4)c3cc2NC(=O)CC2CSSC2)O1. The summed E-state index contributed by atoms with van der Waals surface area (Å²) in [7, 11) is 3.55. The number of pyridine rings is 1. The number of benzene rings is 3. The van der Waals surface area contributed by atoms with Crippen LogP contribution in [0.1, 0.15) is 31.4 Å². The first-order chi connectivity index (χ1) is 22.7. The van der Waals surface area contributed by atoms with Crippen LogP contribution >= 0.6 is 33.2 Å². The summed E-state index contributed by atoms with van der Waals surface area (Å²) >= 11 is 6.56. The second-order valence-corrected chi connectivity index (χ2v) is 14.6. The Morgan fingerprint density at radius 3 is 2.70 bits per heavy atom. The zero-order chi connectivity index (χ0) is 33.0. The lowest BCUT2D eigenvalue weighted by atomic mass is 10.1. The summed E-state index contributed by atoms with van der Waals surface area (Å²) in [6, 6.07) is 17.0. The van der Waals surface area contributed by atoms with E-state index in [2.05, 4.69) is 21.7 Å². The first-order valence-corrected chi connectivity index (χ1v) is 17.8. The van der Waals surface area contributed by atoms with Crippen LogP contribution in [0.15, 0.2) is 60.8 Å². The summed E-state index contributed by atoms with van der Waals surface area (Å²) in [4.78, 5) is 17.7. The smallest absolute Gasteiger partial charge is 0.224 e. The van der Waals surface area contributed by atoms with Gasteiger partial charge in [-0.25, -0.2) is 4.39 Å². The highest BCUT2D eigenvalue weighted by molar-refractivity contribution is 8.77. The third kappa shape index (κ3) is 8.41. The fourth-order valence-corrected chi connectivity index (χ4v) is 8.40. The molecule has 3 heterocycles. The molecule has 2 saturated heterocycles. The van der Waals surface area contributed by atoms with E-state index in [1.54, 1.807) is 64.1 Å². The van der Waals surface area contributed by atoms with Crippen molar-refractivity contribution in [3.63, 3.8) is 0 Å². The van der Waals surface area contributed by atoms with Gasteiger partial charge in [0.1, 0.15) is 42.7 Å². The second-order valence-electron chi connectivity index (χ2n) is 11.7. The molecule has 6 rings (SSSR count). The quantitative estimate of drug-likeness (QED) is 0.149. The van der Waals surface area contributed by atoms with Crippen LogP contribution in [0.25, 0.3) is 10.9 Å². The van der Waals surface area contributed by atoms with Crippen molar-refractivity contribution in [3.05, 3.63) is 82.8 Å². The van der Waals surface area contributed by atoms with Crippen LogP contribution in [-0.2, 0) is 20.9 Å². The highest BCUT2D eigenvalue weighted by atomic mass is 35.5. The third-order valence-corrected chi connectivity index (χ3v) is 10.5. The zero-order valence-electron chi connectivity index (χ0n) is 25.7. The van der Waals surface area contributed by atoms with E-state index in [-0.39, 0.29) is 37.0 Å². The normalized spacial score (nSPS) is 17.4. The molecule has 1 amide bonds. The fraction of sp³-hybridized carbons (Fsp3) is 0.324. The van der Waals surface area contributed by atoms with Gasteiger partial charge in [-0.2, -0.15) is 5.26 Å². The van der Waals surface area contributed by atoms with E-state index in [1.807, 2.05) is 13.8 Å². The maximum atomic E-state index is 13.6. The molecule has 3 aromatic carbocycles. The highest BCUT2D eigenvalue weighted by Gasteiger charge is 2.33. The Kier molecular flexibility index (Phi) is 10.3. The Morgan fingerprint density at radius 2 is 1.98 bits per heavy atom. The van der Waals surface area contributed by atoms with E-state index in [9.17, 15) is 14.4 Å². The highest BCUT2D eigenvalue weighted by Crippen LogP contribution is 2.39. The predicted molar refractivity (Wildman–Crippen MR) is 184 cm³/mol. The first kappa shape index (κ1) is 33.2. The van der Waals surface area contributed by atoms with Gasteiger partial charge in [0, 0.05) is 41.3 Å². The number of hydrogen-bond donors (Lipinski definition) is 2. The Hall–Kier alpha value is -3.73. The molecule has 0 spiro atoms. The fourth-order valence-electron chi connectivity index (χ4n) is 5.23. The molecule has 0 radical (unpaired) electrons. The van der Waals surface area contributed by atoms with E-state index < -0.39 is 5.79 Å². The molecule has 0 bridgehead atoms. The van der Waals surface area contributed by atoms with Gasteiger partial charge in [-0.3, -0.25) is 9.78 Å². The molecule has 4 aromatic rings. The lowest BCUT2D eigenvalue weighted by Crippen LogP contribution is -2.25. The van der Waals surface area contributed by atoms with Gasteiger partial charge >= 0.3 is 0 Å². The topological polar surface area (TPSA) is 115 Å². The molecule has 0 aliphatic carbocycles. The largest absolute Gasteiger partial charge is 0.489 e. The summed E-state index contributed by atoms with van der Waals surface area (Å²) in [5.74, 6) is 1.83. The van der Waals surface area contributed by atoms with Gasteiger partial charge in [0.25, 0.3) is 0 Å². The van der Waals surface area contributed by atoms with Crippen molar-refractivity contribution in [1.29, 1.82) is 5.26 Å². The number of halogens is 2. The summed E-state index contributed by atoms with van der Waals surface area (Å²) < 4.78 is 37.2. The predicted octanol–water partition coefficient (Wildman–Crippen LogP) is 8.09. The van der Waals surface area contributed by atoms with Crippen LogP contribution in [0.2, 0.25) is 5.02 Å². The van der Waals surface area contributed by atoms with E-state index in [0.717, 1.165) is 11.5 Å². The molecular weight excluding hydrogens is 663 g/mol. The standard InChI is InChI=1S/C34H32ClFN4O5S2/c1-34(2)44-17-25(45-34)16-43-31-12-28-26(11-29(31)40-32(41)9-21-18-46-47-19-21)33(22(13-37)14-38-28)39-24-6-7-30(27(35)10-24)42-15-20-4-3-5-23(36)8-20/h3-8,10-12,14,21,25H,9,15-19H2,1-2H3,(H,38,39)(H,40,41). The average Bonchev–Trinajstić information content (AvgIpc) is 3.68. The number of aromatic nitrogens is 1. The lowest BCUT2D eigenvalue weighted by molar-refractivity contribution is -0.141. The summed E-state index contributed by atoms with van der Waals surface area (Å²) in [5, 5.41) is 17.3. The molecule has 0 saturated carbocycles. The Balaban J connectivity index is 1.27. The first-order valence-electron chi connectivity index (χ1n) is 15.0.